The molecule has 0 unspecified atom stereocenters. The fourth-order valence-corrected chi connectivity index (χ4v) is 9.79. The monoisotopic (exact) mass is 788 g/mol. The molecular weight excluding hydrogens is 749 g/mol. The van der Waals surface area contributed by atoms with Crippen molar-refractivity contribution >= 4 is 71.2 Å². The number of rotatable bonds is 7. The average molecular weight is 789 g/mol. The van der Waals surface area contributed by atoms with E-state index in [1.165, 1.54) is 87.7 Å². The Bertz CT molecular complexity index is 3620. The summed E-state index contributed by atoms with van der Waals surface area (Å²) in [5, 5.41) is 9.83. The van der Waals surface area contributed by atoms with Crippen LogP contribution in [0.3, 0.4) is 0 Å². The molecule has 0 saturated heterocycles. The fourth-order valence-electron chi connectivity index (χ4n) is 9.79. The predicted molar refractivity (Wildman–Crippen MR) is 264 cm³/mol. The minimum absolute atomic E-state index is 1.08. The molecule has 12 aromatic rings. The van der Waals surface area contributed by atoms with Crippen molar-refractivity contribution in [2.24, 2.45) is 0 Å². The van der Waals surface area contributed by atoms with Gasteiger partial charge in [0.25, 0.3) is 0 Å². The first-order valence-corrected chi connectivity index (χ1v) is 21.3. The van der Waals surface area contributed by atoms with E-state index >= 15 is 0 Å². The fraction of sp³-hybridized carbons (Fsp3) is 0. The first kappa shape index (κ1) is 35.7. The largest absolute Gasteiger partial charge is 0.310 e. The van der Waals surface area contributed by atoms with Crippen LogP contribution in [-0.2, 0) is 0 Å². The van der Waals surface area contributed by atoms with Crippen molar-refractivity contribution in [1.82, 2.24) is 4.57 Å². The van der Waals surface area contributed by atoms with Gasteiger partial charge < -0.3 is 9.47 Å². The summed E-state index contributed by atoms with van der Waals surface area (Å²) in [7, 11) is 0. The standard InChI is InChI=1S/C60H40N2/c1-4-18-41(19-5-1)45-26-16-27-46(38-45)61(48-35-37-53-52-30-14-15-32-57(52)62(58(53)40-48)56-33-17-25-42-20-10-11-28-49(42)56)47-34-36-51-50-29-12-13-31-54(50)59(43-21-6-2-7-22-43)60(55(51)39-47)44-23-8-3-9-24-44/h1-40H. The molecule has 0 radical (unpaired) electrons. The molecule has 1 heterocycles. The second-order valence-corrected chi connectivity index (χ2v) is 16.1. The minimum Gasteiger partial charge on any atom is -0.310 e. The van der Waals surface area contributed by atoms with Crippen LogP contribution in [0.25, 0.3) is 93.2 Å². The van der Waals surface area contributed by atoms with E-state index in [0.29, 0.717) is 0 Å². The normalized spacial score (nSPS) is 11.5. The zero-order valence-electron chi connectivity index (χ0n) is 34.0. The van der Waals surface area contributed by atoms with E-state index in [1.807, 2.05) is 0 Å². The Kier molecular flexibility index (Phi) is 8.53. The summed E-state index contributed by atoms with van der Waals surface area (Å²) in [6, 6.07) is 88.6. The maximum absolute atomic E-state index is 2.46. The zero-order valence-corrected chi connectivity index (χ0v) is 34.0. The first-order chi connectivity index (χ1) is 30.8. The third-order valence-electron chi connectivity index (χ3n) is 12.5. The molecule has 0 spiro atoms. The lowest BCUT2D eigenvalue weighted by Gasteiger charge is -2.27. The summed E-state index contributed by atoms with van der Waals surface area (Å²) in [6.07, 6.45) is 0. The third-order valence-corrected chi connectivity index (χ3v) is 12.5. The van der Waals surface area contributed by atoms with Gasteiger partial charge in [-0.05, 0) is 109 Å². The highest BCUT2D eigenvalue weighted by Crippen LogP contribution is 2.48. The molecule has 0 aliphatic carbocycles. The van der Waals surface area contributed by atoms with Crippen molar-refractivity contribution in [3.8, 4) is 39.1 Å². The molecule has 0 fully saturated rings. The molecule has 0 N–H and O–H groups in total. The van der Waals surface area contributed by atoms with E-state index < -0.39 is 0 Å². The maximum Gasteiger partial charge on any atom is 0.0562 e. The topological polar surface area (TPSA) is 8.17 Å². The molecule has 12 rings (SSSR count). The zero-order chi connectivity index (χ0) is 41.0. The first-order valence-electron chi connectivity index (χ1n) is 21.3. The SMILES string of the molecule is c1ccc(-c2cccc(N(c3ccc4c(c3)c(-c3ccccc3)c(-c3ccccc3)c3ccccc34)c3ccc4c5ccccc5n(-c5cccc6ccccc56)c4c3)c2)cc1. The lowest BCUT2D eigenvalue weighted by atomic mass is 9.85. The van der Waals surface area contributed by atoms with Gasteiger partial charge in [-0.25, -0.2) is 0 Å². The molecule has 2 heteroatoms. The summed E-state index contributed by atoms with van der Waals surface area (Å²) in [5.74, 6) is 0. The molecule has 0 bridgehead atoms. The summed E-state index contributed by atoms with van der Waals surface area (Å²) in [5.41, 5.74) is 14.0. The number of hydrogen-bond acceptors (Lipinski definition) is 1. The molecule has 0 aliphatic rings. The number of para-hydroxylation sites is 1. The van der Waals surface area contributed by atoms with E-state index in [9.17, 15) is 0 Å². The molecule has 0 amide bonds. The van der Waals surface area contributed by atoms with E-state index in [2.05, 4.69) is 252 Å². The van der Waals surface area contributed by atoms with Crippen molar-refractivity contribution in [3.05, 3.63) is 243 Å². The van der Waals surface area contributed by atoms with Crippen LogP contribution in [0.4, 0.5) is 17.1 Å². The smallest absolute Gasteiger partial charge is 0.0562 e. The van der Waals surface area contributed by atoms with Crippen molar-refractivity contribution < 1.29 is 0 Å². The van der Waals surface area contributed by atoms with Crippen LogP contribution < -0.4 is 4.90 Å². The molecule has 62 heavy (non-hydrogen) atoms. The van der Waals surface area contributed by atoms with Crippen LogP contribution in [0, 0.1) is 0 Å². The molecule has 2 nitrogen and oxygen atoms in total. The number of aromatic nitrogens is 1. The van der Waals surface area contributed by atoms with E-state index in [4.69, 9.17) is 0 Å². The third kappa shape index (κ3) is 5.88. The van der Waals surface area contributed by atoms with Crippen LogP contribution in [0.1, 0.15) is 0 Å². The van der Waals surface area contributed by atoms with Gasteiger partial charge >= 0.3 is 0 Å². The lowest BCUT2D eigenvalue weighted by Crippen LogP contribution is -2.10. The summed E-state index contributed by atoms with van der Waals surface area (Å²) in [6.45, 7) is 0. The number of anilines is 3. The second-order valence-electron chi connectivity index (χ2n) is 16.1. The molecule has 290 valence electrons. The molecule has 1 aromatic heterocycles. The number of fused-ring (bicyclic) bond motifs is 7. The minimum atomic E-state index is 1.08. The van der Waals surface area contributed by atoms with Gasteiger partial charge in [0, 0.05) is 33.2 Å². The Balaban J connectivity index is 1.17. The highest BCUT2D eigenvalue weighted by Gasteiger charge is 2.22. The van der Waals surface area contributed by atoms with Gasteiger partial charge in [0.1, 0.15) is 0 Å². The Morgan fingerprint density at radius 1 is 0.258 bits per heavy atom. The van der Waals surface area contributed by atoms with Gasteiger partial charge in [-0.1, -0.05) is 194 Å². The van der Waals surface area contributed by atoms with Crippen LogP contribution in [-0.4, -0.2) is 4.57 Å². The molecule has 11 aromatic carbocycles. The van der Waals surface area contributed by atoms with Gasteiger partial charge in [-0.2, -0.15) is 0 Å². The van der Waals surface area contributed by atoms with Gasteiger partial charge in [0.05, 0.1) is 16.7 Å². The molecular formula is C60H40N2. The lowest BCUT2D eigenvalue weighted by molar-refractivity contribution is 1.19. The van der Waals surface area contributed by atoms with Gasteiger partial charge in [0.2, 0.25) is 0 Å². The van der Waals surface area contributed by atoms with E-state index in [0.717, 1.165) is 22.6 Å². The molecule has 0 aliphatic heterocycles. The van der Waals surface area contributed by atoms with Crippen molar-refractivity contribution in [1.29, 1.82) is 0 Å². The summed E-state index contributed by atoms with van der Waals surface area (Å²) in [4.78, 5) is 2.45. The van der Waals surface area contributed by atoms with Gasteiger partial charge in [0.15, 0.2) is 0 Å². The van der Waals surface area contributed by atoms with E-state index in [1.54, 1.807) is 0 Å². The second kappa shape index (κ2) is 14.8. The maximum atomic E-state index is 2.46. The molecule has 0 saturated carbocycles. The highest BCUT2D eigenvalue weighted by atomic mass is 15.1. The number of hydrogen-bond donors (Lipinski definition) is 0. The van der Waals surface area contributed by atoms with Crippen LogP contribution in [0.15, 0.2) is 243 Å². The molecule has 0 atom stereocenters. The van der Waals surface area contributed by atoms with E-state index in [-0.39, 0.29) is 0 Å². The van der Waals surface area contributed by atoms with Crippen molar-refractivity contribution in [2.45, 2.75) is 0 Å². The highest BCUT2D eigenvalue weighted by molar-refractivity contribution is 6.22. The predicted octanol–water partition coefficient (Wildman–Crippen LogP) is 16.7. The van der Waals surface area contributed by atoms with Crippen LogP contribution >= 0.6 is 0 Å². The Morgan fingerprint density at radius 3 is 1.48 bits per heavy atom. The number of benzene rings is 11. The summed E-state index contributed by atoms with van der Waals surface area (Å²) >= 11 is 0. The van der Waals surface area contributed by atoms with Crippen LogP contribution in [0.2, 0.25) is 0 Å². The quantitative estimate of drug-likeness (QED) is 0.146. The Hall–Kier alpha value is -8.20. The average Bonchev–Trinajstić information content (AvgIpc) is 3.67. The number of nitrogens with zero attached hydrogens (tertiary/aromatic N) is 2. The Morgan fingerprint density at radius 2 is 0.742 bits per heavy atom. The van der Waals surface area contributed by atoms with Gasteiger partial charge in [-0.15, -0.1) is 0 Å². The van der Waals surface area contributed by atoms with Crippen LogP contribution in [0.5, 0.6) is 0 Å². The Labute approximate surface area is 360 Å². The van der Waals surface area contributed by atoms with Crippen molar-refractivity contribution in [3.63, 3.8) is 0 Å². The van der Waals surface area contributed by atoms with Crippen molar-refractivity contribution in [2.75, 3.05) is 4.90 Å². The van der Waals surface area contributed by atoms with Gasteiger partial charge in [-0.3, -0.25) is 0 Å². The summed E-state index contributed by atoms with van der Waals surface area (Å²) < 4.78 is 2.46.